The molecule has 4 rings (SSSR count). The van der Waals surface area contributed by atoms with Gasteiger partial charge in [-0.3, -0.25) is 4.79 Å². The number of carbonyl (C=O) groups is 1. The number of hydrogen-bond donors (Lipinski definition) is 2. The standard InChI is InChI=1S/C20H24N6O2S/c1-3-25-7-9-26(10-8-25)14-6-4-5-13(11-14)22-17(27)16-12-15-18(28-2)23-20(21)24-19(15)29-16/h4-6,11-12H,3,7-10H2,1-2H3,(H,22,27)(H2,21,23,24). The molecule has 1 fully saturated rings. The molecule has 0 unspecified atom stereocenters. The Hall–Kier alpha value is -2.91. The highest BCUT2D eigenvalue weighted by Crippen LogP contribution is 2.31. The van der Waals surface area contributed by atoms with Crippen LogP contribution in [0.4, 0.5) is 17.3 Å². The van der Waals surface area contributed by atoms with Crippen LogP contribution in [0.1, 0.15) is 16.6 Å². The molecule has 2 aromatic heterocycles. The fraction of sp³-hybridized carbons (Fsp3) is 0.350. The molecule has 3 N–H and O–H groups in total. The SMILES string of the molecule is CCN1CCN(c2cccc(NC(=O)c3cc4c(OC)nc(N)nc4s3)c2)CC1. The molecule has 0 aliphatic carbocycles. The van der Waals surface area contributed by atoms with Crippen LogP contribution >= 0.6 is 11.3 Å². The number of nitrogens with two attached hydrogens (primary N) is 1. The fourth-order valence-corrected chi connectivity index (χ4v) is 4.40. The molecule has 29 heavy (non-hydrogen) atoms. The number of benzene rings is 1. The summed E-state index contributed by atoms with van der Waals surface area (Å²) in [5, 5.41) is 3.66. The first-order valence-corrected chi connectivity index (χ1v) is 10.4. The van der Waals surface area contributed by atoms with Crippen LogP contribution in [0.15, 0.2) is 30.3 Å². The number of likely N-dealkylation sites (N-methyl/N-ethyl adjacent to an activating group) is 1. The molecule has 8 nitrogen and oxygen atoms in total. The Morgan fingerprint density at radius 1 is 1.24 bits per heavy atom. The Bertz CT molecular complexity index is 1030. The Morgan fingerprint density at radius 3 is 2.76 bits per heavy atom. The third-order valence-electron chi connectivity index (χ3n) is 5.08. The lowest BCUT2D eigenvalue weighted by Crippen LogP contribution is -2.46. The monoisotopic (exact) mass is 412 g/mol. The summed E-state index contributed by atoms with van der Waals surface area (Å²) >= 11 is 1.26. The molecule has 1 aliphatic rings. The van der Waals surface area contributed by atoms with Crippen LogP contribution in [0, 0.1) is 0 Å². The minimum atomic E-state index is -0.193. The fourth-order valence-electron chi connectivity index (χ4n) is 3.47. The van der Waals surface area contributed by atoms with E-state index in [1.807, 2.05) is 18.2 Å². The zero-order valence-corrected chi connectivity index (χ0v) is 17.3. The van der Waals surface area contributed by atoms with E-state index in [1.165, 1.54) is 18.4 Å². The first-order valence-electron chi connectivity index (χ1n) is 9.57. The highest BCUT2D eigenvalue weighted by molar-refractivity contribution is 7.20. The summed E-state index contributed by atoms with van der Waals surface area (Å²) in [4.78, 5) is 27.0. The van der Waals surface area contributed by atoms with E-state index in [1.54, 1.807) is 6.07 Å². The van der Waals surface area contributed by atoms with Gasteiger partial charge in [-0.05, 0) is 30.8 Å². The van der Waals surface area contributed by atoms with Crippen molar-refractivity contribution in [3.05, 3.63) is 35.2 Å². The van der Waals surface area contributed by atoms with Crippen LogP contribution in [-0.4, -0.2) is 60.6 Å². The predicted molar refractivity (Wildman–Crippen MR) is 117 cm³/mol. The van der Waals surface area contributed by atoms with E-state index in [-0.39, 0.29) is 11.9 Å². The largest absolute Gasteiger partial charge is 0.480 e. The zero-order chi connectivity index (χ0) is 20.4. The molecular weight excluding hydrogens is 388 g/mol. The van der Waals surface area contributed by atoms with Crippen molar-refractivity contribution in [2.75, 3.05) is 55.8 Å². The van der Waals surface area contributed by atoms with E-state index in [2.05, 4.69) is 38.1 Å². The summed E-state index contributed by atoms with van der Waals surface area (Å²) < 4.78 is 5.25. The molecule has 0 saturated carbocycles. The number of ether oxygens (including phenoxy) is 1. The van der Waals surface area contributed by atoms with Crippen LogP contribution in [0.5, 0.6) is 5.88 Å². The van der Waals surface area contributed by atoms with E-state index >= 15 is 0 Å². The topological polar surface area (TPSA) is 96.6 Å². The number of rotatable bonds is 5. The average molecular weight is 413 g/mol. The molecule has 0 spiro atoms. The van der Waals surface area contributed by atoms with Gasteiger partial charge in [0.2, 0.25) is 11.8 Å². The first kappa shape index (κ1) is 19.4. The molecule has 1 aliphatic heterocycles. The molecule has 0 atom stereocenters. The second kappa shape index (κ2) is 8.22. The number of piperazine rings is 1. The number of anilines is 3. The third-order valence-corrected chi connectivity index (χ3v) is 6.11. The van der Waals surface area contributed by atoms with Crippen molar-refractivity contribution < 1.29 is 9.53 Å². The molecule has 1 aromatic carbocycles. The summed E-state index contributed by atoms with van der Waals surface area (Å²) in [6.45, 7) is 7.36. The maximum absolute atomic E-state index is 12.8. The second-order valence-electron chi connectivity index (χ2n) is 6.85. The quantitative estimate of drug-likeness (QED) is 0.665. The highest BCUT2D eigenvalue weighted by Gasteiger charge is 2.18. The Labute approximate surface area is 173 Å². The van der Waals surface area contributed by atoms with E-state index < -0.39 is 0 Å². The van der Waals surface area contributed by atoms with Crippen molar-refractivity contribution in [3.8, 4) is 5.88 Å². The van der Waals surface area contributed by atoms with Crippen molar-refractivity contribution in [3.63, 3.8) is 0 Å². The van der Waals surface area contributed by atoms with Gasteiger partial charge in [-0.25, -0.2) is 4.98 Å². The number of nitrogens with zero attached hydrogens (tertiary/aromatic N) is 4. The smallest absolute Gasteiger partial charge is 0.265 e. The van der Waals surface area contributed by atoms with Gasteiger partial charge in [-0.2, -0.15) is 4.98 Å². The first-order chi connectivity index (χ1) is 14.1. The number of nitrogen functional groups attached to an aromatic ring is 1. The molecule has 0 bridgehead atoms. The van der Waals surface area contributed by atoms with Crippen LogP contribution in [0.2, 0.25) is 0 Å². The highest BCUT2D eigenvalue weighted by atomic mass is 32.1. The minimum Gasteiger partial charge on any atom is -0.480 e. The maximum atomic E-state index is 12.8. The van der Waals surface area contributed by atoms with Crippen molar-refractivity contribution in [2.45, 2.75) is 6.92 Å². The van der Waals surface area contributed by atoms with Gasteiger partial charge in [-0.1, -0.05) is 13.0 Å². The third kappa shape index (κ3) is 4.10. The predicted octanol–water partition coefficient (Wildman–Crippen LogP) is 2.68. The molecule has 9 heteroatoms. The summed E-state index contributed by atoms with van der Waals surface area (Å²) in [5.74, 6) is 0.302. The lowest BCUT2D eigenvalue weighted by atomic mass is 10.2. The normalized spacial score (nSPS) is 14.9. The number of thiophene rings is 1. The Kier molecular flexibility index (Phi) is 5.50. The average Bonchev–Trinajstić information content (AvgIpc) is 3.17. The van der Waals surface area contributed by atoms with Gasteiger partial charge < -0.3 is 25.6 Å². The Balaban J connectivity index is 1.51. The number of hydrogen-bond acceptors (Lipinski definition) is 8. The summed E-state index contributed by atoms with van der Waals surface area (Å²) in [6, 6.07) is 9.71. The number of carbonyl (C=O) groups excluding carboxylic acids is 1. The van der Waals surface area contributed by atoms with Gasteiger partial charge in [0.25, 0.3) is 5.91 Å². The van der Waals surface area contributed by atoms with Crippen LogP contribution in [-0.2, 0) is 0 Å². The number of amides is 1. The van der Waals surface area contributed by atoms with Gasteiger partial charge in [0.05, 0.1) is 17.4 Å². The number of fused-ring (bicyclic) bond motifs is 1. The van der Waals surface area contributed by atoms with E-state index in [4.69, 9.17) is 10.5 Å². The maximum Gasteiger partial charge on any atom is 0.265 e. The van der Waals surface area contributed by atoms with Gasteiger partial charge in [0.1, 0.15) is 4.83 Å². The second-order valence-corrected chi connectivity index (χ2v) is 7.88. The molecule has 1 saturated heterocycles. The van der Waals surface area contributed by atoms with Crippen LogP contribution in [0.3, 0.4) is 0 Å². The molecule has 3 heterocycles. The number of nitrogens with one attached hydrogen (secondary N) is 1. The van der Waals surface area contributed by atoms with Crippen molar-refractivity contribution in [1.29, 1.82) is 0 Å². The minimum absolute atomic E-state index is 0.124. The van der Waals surface area contributed by atoms with E-state index in [9.17, 15) is 4.79 Å². The van der Waals surface area contributed by atoms with Crippen molar-refractivity contribution in [1.82, 2.24) is 14.9 Å². The molecule has 0 radical (unpaired) electrons. The molecular formula is C20H24N6O2S. The Morgan fingerprint density at radius 2 is 2.03 bits per heavy atom. The van der Waals surface area contributed by atoms with Gasteiger partial charge in [0.15, 0.2) is 0 Å². The lowest BCUT2D eigenvalue weighted by Gasteiger charge is -2.35. The van der Waals surface area contributed by atoms with Crippen molar-refractivity contribution in [2.24, 2.45) is 0 Å². The summed E-state index contributed by atoms with van der Waals surface area (Å²) in [5.41, 5.74) is 7.60. The van der Waals surface area contributed by atoms with Gasteiger partial charge >= 0.3 is 0 Å². The van der Waals surface area contributed by atoms with Crippen LogP contribution < -0.4 is 20.7 Å². The molecule has 3 aromatic rings. The van der Waals surface area contributed by atoms with E-state index in [0.29, 0.717) is 21.0 Å². The number of methoxy groups -OCH3 is 1. The van der Waals surface area contributed by atoms with E-state index in [0.717, 1.165) is 44.1 Å². The number of aromatic nitrogens is 2. The summed E-state index contributed by atoms with van der Waals surface area (Å²) in [6.07, 6.45) is 0. The summed E-state index contributed by atoms with van der Waals surface area (Å²) in [7, 11) is 1.52. The lowest BCUT2D eigenvalue weighted by molar-refractivity contribution is 0.103. The molecule has 1 amide bonds. The van der Waals surface area contributed by atoms with Crippen molar-refractivity contribution >= 4 is 44.8 Å². The van der Waals surface area contributed by atoms with Gasteiger partial charge in [-0.15, -0.1) is 11.3 Å². The molecule has 152 valence electrons. The zero-order valence-electron chi connectivity index (χ0n) is 16.5. The van der Waals surface area contributed by atoms with Crippen LogP contribution in [0.25, 0.3) is 10.2 Å². The van der Waals surface area contributed by atoms with Gasteiger partial charge in [0, 0.05) is 37.6 Å².